The molecule has 1 saturated carbocycles. The fourth-order valence-corrected chi connectivity index (χ4v) is 14.4. The first-order valence-electron chi connectivity index (χ1n) is 21.8. The number of carbonyl (C=O) groups is 1. The molecule has 1 aromatic carbocycles. The summed E-state index contributed by atoms with van der Waals surface area (Å²) in [6.45, 7) is 11.8. The van der Waals surface area contributed by atoms with Crippen molar-refractivity contribution >= 4 is 14.6 Å². The predicted octanol–water partition coefficient (Wildman–Crippen LogP) is 10.3. The number of nitrogens with zero attached hydrogens (tertiary/aromatic N) is 2. The van der Waals surface area contributed by atoms with Gasteiger partial charge in [0.25, 0.3) is 0 Å². The Labute approximate surface area is 323 Å². The summed E-state index contributed by atoms with van der Waals surface area (Å²) in [4.78, 5) is 19.9. The number of hydrogen-bond acceptors (Lipinski definition) is 6. The molecular formula is C46H72N2O4Si. The third-order valence-electron chi connectivity index (χ3n) is 14.4. The molecule has 7 atom stereocenters. The molecular weight excluding hydrogens is 673 g/mol. The summed E-state index contributed by atoms with van der Waals surface area (Å²) >= 11 is 0. The minimum atomic E-state index is -2.09. The second-order valence-corrected chi connectivity index (χ2v) is 21.9. The van der Waals surface area contributed by atoms with Crippen molar-refractivity contribution in [3.05, 3.63) is 66.3 Å². The Balaban J connectivity index is 1.56. The van der Waals surface area contributed by atoms with Crippen LogP contribution in [-0.2, 0) is 20.6 Å². The fraction of sp³-hybridized carbons (Fsp3) is 0.717. The van der Waals surface area contributed by atoms with E-state index < -0.39 is 8.32 Å². The number of hydrogen-bond donors (Lipinski definition) is 0. The van der Waals surface area contributed by atoms with Gasteiger partial charge in [-0.3, -0.25) is 9.80 Å². The van der Waals surface area contributed by atoms with Crippen LogP contribution in [-0.4, -0.2) is 81.5 Å². The van der Waals surface area contributed by atoms with Crippen molar-refractivity contribution in [3.8, 4) is 5.75 Å². The van der Waals surface area contributed by atoms with Gasteiger partial charge < -0.3 is 18.7 Å². The van der Waals surface area contributed by atoms with Crippen molar-refractivity contribution in [1.29, 1.82) is 0 Å². The van der Waals surface area contributed by atoms with Gasteiger partial charge in [0.1, 0.15) is 18.1 Å². The number of ether oxygens (including phenoxy) is 2. The fourth-order valence-electron chi connectivity index (χ4n) is 11.6. The molecule has 1 aliphatic carbocycles. The number of allylic oxidation sites excluding steroid dienone is 5. The Kier molecular flexibility index (Phi) is 14.7. The molecule has 7 heteroatoms. The molecule has 4 fully saturated rings. The van der Waals surface area contributed by atoms with Crippen molar-refractivity contribution in [2.75, 3.05) is 33.3 Å². The number of benzene rings is 1. The number of carbonyl (C=O) groups excluding carboxylic acids is 1. The van der Waals surface area contributed by atoms with E-state index in [2.05, 4.69) is 91.3 Å². The van der Waals surface area contributed by atoms with E-state index in [0.717, 1.165) is 94.1 Å². The number of piperidine rings is 1. The van der Waals surface area contributed by atoms with Crippen LogP contribution in [0.3, 0.4) is 0 Å². The number of methoxy groups -OCH3 is 1. The SMILES string of the molecule is CC[Si](CC)(CC)O[C@@H]1/C=C\C=C/C/C=C\CCCN2C[C@H]3C[C@]4(C=O)CCCCCCCCCCN5CC[C@H]3[C@@]2([C@@H]1OCc1ccc(OC)cc1)[C@@H]54. The van der Waals surface area contributed by atoms with Crippen LogP contribution in [0, 0.1) is 17.3 Å². The Bertz CT molecular complexity index is 1370. The molecule has 53 heavy (non-hydrogen) atoms. The average molecular weight is 745 g/mol. The molecule has 4 heterocycles. The summed E-state index contributed by atoms with van der Waals surface area (Å²) in [5.41, 5.74) is 0.426. The molecule has 0 radical (unpaired) electrons. The van der Waals surface area contributed by atoms with Crippen molar-refractivity contribution in [2.24, 2.45) is 17.3 Å². The highest BCUT2D eigenvalue weighted by Gasteiger charge is 2.73. The maximum absolute atomic E-state index is 14.2. The summed E-state index contributed by atoms with van der Waals surface area (Å²) in [6.07, 6.45) is 31.3. The monoisotopic (exact) mass is 745 g/mol. The number of aldehydes is 1. The van der Waals surface area contributed by atoms with Crippen LogP contribution in [0.1, 0.15) is 116 Å². The first-order chi connectivity index (χ1) is 26.0. The van der Waals surface area contributed by atoms with Crippen molar-refractivity contribution < 1.29 is 18.7 Å². The highest BCUT2D eigenvalue weighted by molar-refractivity contribution is 6.73. The molecule has 6 rings (SSSR count). The summed E-state index contributed by atoms with van der Waals surface area (Å²) in [6, 6.07) is 11.8. The summed E-state index contributed by atoms with van der Waals surface area (Å²) in [5, 5.41) is 0. The highest BCUT2D eigenvalue weighted by atomic mass is 28.4. The first kappa shape index (κ1) is 40.6. The van der Waals surface area contributed by atoms with E-state index in [-0.39, 0.29) is 29.2 Å². The third kappa shape index (κ3) is 8.70. The van der Waals surface area contributed by atoms with Crippen LogP contribution < -0.4 is 4.74 Å². The van der Waals surface area contributed by atoms with E-state index in [9.17, 15) is 4.79 Å². The van der Waals surface area contributed by atoms with Crippen LogP contribution in [0.4, 0.5) is 0 Å². The molecule has 3 saturated heterocycles. The van der Waals surface area contributed by atoms with E-state index in [1.54, 1.807) is 7.11 Å². The first-order valence-corrected chi connectivity index (χ1v) is 24.4. The van der Waals surface area contributed by atoms with Crippen molar-refractivity contribution in [3.63, 3.8) is 0 Å². The lowest BCUT2D eigenvalue weighted by molar-refractivity contribution is -0.205. The lowest BCUT2D eigenvalue weighted by Crippen LogP contribution is -2.79. The standard InChI is InChI=1S/C46H72N2O4Si/c1-5-53(6-2,7-3)52-42-24-20-16-12-8-10-15-19-23-32-48-35-39-34-45(37-49)30-21-17-13-9-11-14-18-22-31-47-33-29-41(39)46(48,44(45)47)43(42)51-36-38-25-27-40(50-4)28-26-38/h10,12,15-16,20,24-28,37,39,41-44H,5-9,11,13-14,17-19,21-23,29-36H2,1-4H3/b15-10-,16-12-,24-20-/t39-,41-,42-,43-,44+,45+,46-/m1/s1. The molecule has 4 bridgehead atoms. The maximum Gasteiger partial charge on any atom is 0.193 e. The summed E-state index contributed by atoms with van der Waals surface area (Å²) in [5.74, 6) is 1.82. The van der Waals surface area contributed by atoms with E-state index >= 15 is 0 Å². The quantitative estimate of drug-likeness (QED) is 0.135. The van der Waals surface area contributed by atoms with Gasteiger partial charge in [-0.15, -0.1) is 0 Å². The molecule has 0 unspecified atom stereocenters. The van der Waals surface area contributed by atoms with Crippen LogP contribution >= 0.6 is 0 Å². The zero-order valence-electron chi connectivity index (χ0n) is 33.8. The van der Waals surface area contributed by atoms with Gasteiger partial charge in [0.2, 0.25) is 0 Å². The van der Waals surface area contributed by atoms with E-state index in [1.807, 2.05) is 0 Å². The Hall–Kier alpha value is -2.03. The van der Waals surface area contributed by atoms with Crippen LogP contribution in [0.2, 0.25) is 18.1 Å². The lowest BCUT2D eigenvalue weighted by atomic mass is 9.50. The molecule has 294 valence electrons. The van der Waals surface area contributed by atoms with Gasteiger partial charge in [0, 0.05) is 18.0 Å². The topological polar surface area (TPSA) is 51.2 Å². The van der Waals surface area contributed by atoms with Crippen molar-refractivity contribution in [1.82, 2.24) is 9.80 Å². The van der Waals surface area contributed by atoms with Gasteiger partial charge in [0.15, 0.2) is 8.32 Å². The van der Waals surface area contributed by atoms with Crippen LogP contribution in [0.25, 0.3) is 0 Å². The van der Waals surface area contributed by atoms with E-state index in [1.165, 1.54) is 57.7 Å². The van der Waals surface area contributed by atoms with Gasteiger partial charge >= 0.3 is 0 Å². The number of rotatable bonds is 10. The van der Waals surface area contributed by atoms with E-state index in [4.69, 9.17) is 13.9 Å². The van der Waals surface area contributed by atoms with Crippen LogP contribution in [0.5, 0.6) is 5.75 Å². The van der Waals surface area contributed by atoms with Crippen molar-refractivity contribution in [2.45, 2.75) is 159 Å². The zero-order valence-corrected chi connectivity index (χ0v) is 34.8. The molecule has 0 amide bonds. The molecule has 1 spiro atoms. The second-order valence-electron chi connectivity index (χ2n) is 17.1. The van der Waals surface area contributed by atoms with Gasteiger partial charge in [-0.25, -0.2) is 0 Å². The lowest BCUT2D eigenvalue weighted by Gasteiger charge is -2.66. The summed E-state index contributed by atoms with van der Waals surface area (Å²) in [7, 11) is -0.363. The Morgan fingerprint density at radius 1 is 0.849 bits per heavy atom. The minimum Gasteiger partial charge on any atom is -0.497 e. The smallest absolute Gasteiger partial charge is 0.193 e. The maximum atomic E-state index is 14.2. The van der Waals surface area contributed by atoms with Crippen LogP contribution in [0.15, 0.2) is 60.7 Å². The largest absolute Gasteiger partial charge is 0.497 e. The summed E-state index contributed by atoms with van der Waals surface area (Å²) < 4.78 is 20.9. The molecule has 5 aliphatic rings. The molecule has 1 aromatic rings. The van der Waals surface area contributed by atoms with Gasteiger partial charge in [-0.05, 0) is 112 Å². The Morgan fingerprint density at radius 3 is 2.30 bits per heavy atom. The Morgan fingerprint density at radius 2 is 1.58 bits per heavy atom. The molecule has 4 aliphatic heterocycles. The molecule has 6 nitrogen and oxygen atoms in total. The normalized spacial score (nSPS) is 35.4. The molecule has 0 N–H and O–H groups in total. The van der Waals surface area contributed by atoms with E-state index in [0.29, 0.717) is 18.4 Å². The van der Waals surface area contributed by atoms with Gasteiger partial charge in [-0.2, -0.15) is 0 Å². The second kappa shape index (κ2) is 19.2. The van der Waals surface area contributed by atoms with Gasteiger partial charge in [0.05, 0.1) is 25.4 Å². The molecule has 0 aromatic heterocycles. The third-order valence-corrected chi connectivity index (χ3v) is 19.0. The minimum absolute atomic E-state index is 0.103. The average Bonchev–Trinajstić information content (AvgIpc) is 3.43. The predicted molar refractivity (Wildman–Crippen MR) is 221 cm³/mol. The van der Waals surface area contributed by atoms with Gasteiger partial charge in [-0.1, -0.05) is 114 Å². The highest BCUT2D eigenvalue weighted by Crippen LogP contribution is 2.63. The zero-order chi connectivity index (χ0) is 37.2.